The number of aliphatic hydroxyl groups excluding tert-OH is 6. The van der Waals surface area contributed by atoms with Gasteiger partial charge in [-0.05, 0) is 0 Å². The molecule has 0 aliphatic heterocycles. The summed E-state index contributed by atoms with van der Waals surface area (Å²) in [5.41, 5.74) is 4.85. The van der Waals surface area contributed by atoms with Gasteiger partial charge in [0.1, 0.15) is 24.4 Å². The molecule has 8 N–H and O–H groups in total. The number of nitrogens with two attached hydrogens (primary N) is 1. The van der Waals surface area contributed by atoms with Gasteiger partial charge in [0.15, 0.2) is 0 Å². The van der Waals surface area contributed by atoms with Crippen molar-refractivity contribution in [1.29, 1.82) is 0 Å². The van der Waals surface area contributed by atoms with Crippen molar-refractivity contribution in [3.05, 3.63) is 0 Å². The highest BCUT2D eigenvalue weighted by atomic mass is 16.6. The minimum Gasteiger partial charge on any atom is -0.394 e. The molecule has 126 valence electrons. The van der Waals surface area contributed by atoms with E-state index in [1.165, 1.54) is 0 Å². The van der Waals surface area contributed by atoms with Crippen molar-refractivity contribution in [3.63, 3.8) is 0 Å². The van der Waals surface area contributed by atoms with Gasteiger partial charge in [-0.25, -0.2) is 0 Å². The fraction of sp³-hybridized carbons (Fsp3) is 0.818. The predicted octanol–water partition coefficient (Wildman–Crippen LogP) is -4.16. The van der Waals surface area contributed by atoms with Crippen LogP contribution in [0.25, 0.3) is 0 Å². The third kappa shape index (κ3) is 10.3. The predicted molar refractivity (Wildman–Crippen MR) is 68.6 cm³/mol. The van der Waals surface area contributed by atoms with E-state index in [1.807, 2.05) is 0 Å². The Balaban J connectivity index is 0. The molecule has 10 nitrogen and oxygen atoms in total. The van der Waals surface area contributed by atoms with Gasteiger partial charge in [-0.1, -0.05) is 6.92 Å². The highest BCUT2D eigenvalue weighted by Gasteiger charge is 2.29. The Kier molecular flexibility index (Phi) is 13.3. The number of aliphatic hydroxyl groups is 6. The van der Waals surface area contributed by atoms with Gasteiger partial charge in [-0.2, -0.15) is 0 Å². The van der Waals surface area contributed by atoms with E-state index in [-0.39, 0.29) is 13.0 Å². The van der Waals surface area contributed by atoms with E-state index in [2.05, 4.69) is 4.74 Å². The van der Waals surface area contributed by atoms with Gasteiger partial charge < -0.3 is 41.1 Å². The molecule has 0 saturated heterocycles. The summed E-state index contributed by atoms with van der Waals surface area (Å²) in [5, 5.41) is 52.2. The maximum Gasteiger partial charge on any atom is 0.327 e. The Bertz CT molecular complexity index is 271. The maximum atomic E-state index is 10.3. The topological polar surface area (TPSA) is 191 Å². The highest BCUT2D eigenvalue weighted by Crippen LogP contribution is 2.04. The second kappa shape index (κ2) is 12.6. The molecule has 0 bridgehead atoms. The van der Waals surface area contributed by atoms with Crippen LogP contribution >= 0.6 is 0 Å². The van der Waals surface area contributed by atoms with Gasteiger partial charge in [-0.3, -0.25) is 9.59 Å². The molecule has 0 aromatic carbocycles. The largest absolute Gasteiger partial charge is 0.394 e. The third-order valence-electron chi connectivity index (χ3n) is 2.20. The van der Waals surface area contributed by atoms with Crippen LogP contribution in [0.15, 0.2) is 0 Å². The summed E-state index contributed by atoms with van der Waals surface area (Å²) < 4.78 is 4.15. The second-order valence-electron chi connectivity index (χ2n) is 3.88. The van der Waals surface area contributed by atoms with Gasteiger partial charge in [0.2, 0.25) is 0 Å². The molecule has 21 heavy (non-hydrogen) atoms. The lowest BCUT2D eigenvalue weighted by molar-refractivity contribution is -0.158. The number of rotatable bonds is 7. The van der Waals surface area contributed by atoms with Crippen molar-refractivity contribution in [1.82, 2.24) is 0 Å². The van der Waals surface area contributed by atoms with Crippen molar-refractivity contribution in [3.8, 4) is 0 Å². The van der Waals surface area contributed by atoms with E-state index >= 15 is 0 Å². The molecule has 0 saturated carbocycles. The first-order chi connectivity index (χ1) is 9.74. The van der Waals surface area contributed by atoms with Crippen LogP contribution in [0.3, 0.4) is 0 Å². The molecule has 4 atom stereocenters. The zero-order chi connectivity index (χ0) is 17.0. The zero-order valence-electron chi connectivity index (χ0n) is 11.6. The molecule has 0 amide bonds. The van der Waals surface area contributed by atoms with Crippen LogP contribution in [0, 0.1) is 0 Å². The molecule has 0 aromatic heterocycles. The van der Waals surface area contributed by atoms with Gasteiger partial charge in [-0.15, -0.1) is 0 Å². The van der Waals surface area contributed by atoms with Crippen LogP contribution in [0.5, 0.6) is 0 Å². The fourth-order valence-corrected chi connectivity index (χ4v) is 0.912. The standard InChI is InChI=1S/C6H14O6.C5H9NO3/c7-1-3(9)5(11)6(12)4(10)2-8;1-2-4(7)9-5(8)3-6/h3-12H,1-2H2;2-3,6H2,1H3/t3-,4+,5-,6-;/m1./s1. The minimum atomic E-state index is -1.67. The molecule has 0 radical (unpaired) electrons. The monoisotopic (exact) mass is 313 g/mol. The zero-order valence-corrected chi connectivity index (χ0v) is 11.6. The lowest BCUT2D eigenvalue weighted by Crippen LogP contribution is -2.46. The Morgan fingerprint density at radius 1 is 0.952 bits per heavy atom. The summed E-state index contributed by atoms with van der Waals surface area (Å²) in [6.45, 7) is -0.0926. The summed E-state index contributed by atoms with van der Waals surface area (Å²) in [7, 11) is 0. The molecule has 0 rings (SSSR count). The molecule has 0 aliphatic carbocycles. The van der Waals surface area contributed by atoms with Gasteiger partial charge >= 0.3 is 11.9 Å². The van der Waals surface area contributed by atoms with Crippen LogP contribution in [0.4, 0.5) is 0 Å². The van der Waals surface area contributed by atoms with E-state index in [4.69, 9.17) is 36.4 Å². The first-order valence-electron chi connectivity index (χ1n) is 6.12. The van der Waals surface area contributed by atoms with Gasteiger partial charge in [0.05, 0.1) is 19.8 Å². The number of carbonyl (C=O) groups is 2. The Morgan fingerprint density at radius 3 is 1.57 bits per heavy atom. The molecule has 10 heteroatoms. The Labute approximate surface area is 121 Å². The number of hydrogen-bond acceptors (Lipinski definition) is 10. The molecule has 0 unspecified atom stereocenters. The molecular weight excluding hydrogens is 290 g/mol. The lowest BCUT2D eigenvalue weighted by Gasteiger charge is -2.24. The third-order valence-corrected chi connectivity index (χ3v) is 2.20. The van der Waals surface area contributed by atoms with Crippen molar-refractivity contribution < 1.29 is 45.0 Å². The summed E-state index contributed by atoms with van der Waals surface area (Å²) in [6.07, 6.45) is -6.19. The molecular formula is C11H23NO9. The first kappa shape index (κ1) is 22.1. The van der Waals surface area contributed by atoms with E-state index in [9.17, 15) is 9.59 Å². The average molecular weight is 313 g/mol. The Hall–Kier alpha value is -1.14. The van der Waals surface area contributed by atoms with E-state index < -0.39 is 49.6 Å². The average Bonchev–Trinajstić information content (AvgIpc) is 2.51. The van der Waals surface area contributed by atoms with Crippen LogP contribution in [0.1, 0.15) is 13.3 Å². The first-order valence-corrected chi connectivity index (χ1v) is 6.12. The number of hydrogen-bond donors (Lipinski definition) is 7. The fourth-order valence-electron chi connectivity index (χ4n) is 0.912. The molecule has 0 aromatic rings. The summed E-state index contributed by atoms with van der Waals surface area (Å²) >= 11 is 0. The van der Waals surface area contributed by atoms with E-state index in [0.717, 1.165) is 0 Å². The SMILES string of the molecule is CCC(=O)OC(=O)CN.OC[C@@H](O)[C@@H](O)[C@H](O)[C@@H](O)CO. The quantitative estimate of drug-likeness (QED) is 0.179. The van der Waals surface area contributed by atoms with Crippen molar-refractivity contribution in [2.45, 2.75) is 37.8 Å². The number of esters is 2. The van der Waals surface area contributed by atoms with Crippen LogP contribution in [-0.4, -0.2) is 86.8 Å². The summed E-state index contributed by atoms with van der Waals surface area (Å²) in [6, 6.07) is 0. The molecule has 0 heterocycles. The second-order valence-corrected chi connectivity index (χ2v) is 3.88. The van der Waals surface area contributed by atoms with Crippen LogP contribution < -0.4 is 5.73 Å². The van der Waals surface area contributed by atoms with Crippen molar-refractivity contribution in [2.75, 3.05) is 19.8 Å². The molecule has 0 spiro atoms. The minimum absolute atomic E-state index is 0.200. The number of carbonyl (C=O) groups excluding carboxylic acids is 2. The van der Waals surface area contributed by atoms with Crippen LogP contribution in [0.2, 0.25) is 0 Å². The molecule has 0 fully saturated rings. The van der Waals surface area contributed by atoms with E-state index in [1.54, 1.807) is 6.92 Å². The van der Waals surface area contributed by atoms with Gasteiger partial charge in [0, 0.05) is 6.42 Å². The normalized spacial score (nSPS) is 16.0. The van der Waals surface area contributed by atoms with Crippen molar-refractivity contribution in [2.24, 2.45) is 5.73 Å². The van der Waals surface area contributed by atoms with Crippen molar-refractivity contribution >= 4 is 11.9 Å². The lowest BCUT2D eigenvalue weighted by atomic mass is 10.0. The Morgan fingerprint density at radius 2 is 1.33 bits per heavy atom. The van der Waals surface area contributed by atoms with Crippen LogP contribution in [-0.2, 0) is 14.3 Å². The van der Waals surface area contributed by atoms with Gasteiger partial charge in [0.25, 0.3) is 0 Å². The number of ether oxygens (including phenoxy) is 1. The summed E-state index contributed by atoms with van der Waals surface area (Å²) in [4.78, 5) is 20.5. The molecule has 0 aliphatic rings. The maximum absolute atomic E-state index is 10.3. The summed E-state index contributed by atoms with van der Waals surface area (Å²) in [5.74, 6) is -1.22. The smallest absolute Gasteiger partial charge is 0.327 e. The highest BCUT2D eigenvalue weighted by molar-refractivity contribution is 5.86. The van der Waals surface area contributed by atoms with E-state index in [0.29, 0.717) is 0 Å².